The van der Waals surface area contributed by atoms with Crippen molar-refractivity contribution < 1.29 is 4.42 Å². The fourth-order valence-corrected chi connectivity index (χ4v) is 7.88. The van der Waals surface area contributed by atoms with Crippen molar-refractivity contribution >= 4 is 60.5 Å². The van der Waals surface area contributed by atoms with Gasteiger partial charge >= 0.3 is 0 Å². The molecule has 2 heteroatoms. The molecule has 1 aromatic heterocycles. The minimum absolute atomic E-state index is 0.892. The molecule has 244 valence electrons. The van der Waals surface area contributed by atoms with E-state index in [0.29, 0.717) is 0 Å². The molecular weight excluding hydrogens is 631 g/mol. The summed E-state index contributed by atoms with van der Waals surface area (Å²) >= 11 is 0. The van der Waals surface area contributed by atoms with Crippen LogP contribution in [0.5, 0.6) is 0 Å². The average molecular weight is 664 g/mol. The topological polar surface area (TPSA) is 16.4 Å². The van der Waals surface area contributed by atoms with Gasteiger partial charge in [0.25, 0.3) is 0 Å². The van der Waals surface area contributed by atoms with E-state index in [1.165, 1.54) is 27.1 Å². The van der Waals surface area contributed by atoms with Crippen LogP contribution < -0.4 is 4.90 Å². The molecule has 0 amide bonds. The molecule has 0 saturated carbocycles. The Morgan fingerprint density at radius 1 is 0.327 bits per heavy atom. The van der Waals surface area contributed by atoms with E-state index in [0.717, 1.165) is 66.8 Å². The van der Waals surface area contributed by atoms with Gasteiger partial charge in [0.05, 0.1) is 11.4 Å². The Kier molecular flexibility index (Phi) is 7.18. The van der Waals surface area contributed by atoms with Gasteiger partial charge in [-0.3, -0.25) is 0 Å². The molecule has 0 unspecified atom stereocenters. The predicted octanol–water partition coefficient (Wildman–Crippen LogP) is 14.4. The zero-order chi connectivity index (χ0) is 34.4. The average Bonchev–Trinajstić information content (AvgIpc) is 3.61. The second-order valence-electron chi connectivity index (χ2n) is 13.3. The van der Waals surface area contributed by atoms with E-state index in [4.69, 9.17) is 4.42 Å². The van der Waals surface area contributed by atoms with Crippen molar-refractivity contribution in [3.8, 4) is 33.4 Å². The standard InChI is InChI=1S/C50H33NO/c1-3-16-34(17-4-1)39-31-30-36(46-32-35-18-7-8-21-38(35)40-22-9-10-23-41(40)46)33-48(39)51(37-19-5-2-6-20-37)47-28-13-11-24-42(47)44-26-15-27-45-43-25-12-14-29-49(43)52-50(44)45/h1-33H. The van der Waals surface area contributed by atoms with E-state index in [2.05, 4.69) is 199 Å². The maximum Gasteiger partial charge on any atom is 0.143 e. The summed E-state index contributed by atoms with van der Waals surface area (Å²) in [4.78, 5) is 2.42. The second kappa shape index (κ2) is 12.5. The summed E-state index contributed by atoms with van der Waals surface area (Å²) in [6.07, 6.45) is 0. The van der Waals surface area contributed by atoms with Crippen LogP contribution in [0.25, 0.3) is 76.9 Å². The number of nitrogens with zero attached hydrogens (tertiary/aromatic N) is 1. The molecule has 0 atom stereocenters. The molecule has 1 heterocycles. The second-order valence-corrected chi connectivity index (χ2v) is 13.3. The van der Waals surface area contributed by atoms with Gasteiger partial charge in [0, 0.05) is 33.2 Å². The van der Waals surface area contributed by atoms with Crippen LogP contribution in [-0.2, 0) is 0 Å². The largest absolute Gasteiger partial charge is 0.455 e. The Morgan fingerprint density at radius 3 is 1.81 bits per heavy atom. The quantitative estimate of drug-likeness (QED) is 0.165. The van der Waals surface area contributed by atoms with Gasteiger partial charge < -0.3 is 9.32 Å². The first-order chi connectivity index (χ1) is 25.8. The molecule has 0 radical (unpaired) electrons. The molecule has 0 spiro atoms. The molecule has 0 N–H and O–H groups in total. The summed E-state index contributed by atoms with van der Waals surface area (Å²) in [5, 5.41) is 7.23. The van der Waals surface area contributed by atoms with Gasteiger partial charge in [-0.1, -0.05) is 164 Å². The van der Waals surface area contributed by atoms with Crippen molar-refractivity contribution in [3.63, 3.8) is 0 Å². The molecule has 0 bridgehead atoms. The van der Waals surface area contributed by atoms with Gasteiger partial charge in [0.1, 0.15) is 11.2 Å². The molecule has 0 saturated heterocycles. The summed E-state index contributed by atoms with van der Waals surface area (Å²) in [6, 6.07) is 71.7. The van der Waals surface area contributed by atoms with Gasteiger partial charge in [-0.05, 0) is 74.6 Å². The SMILES string of the molecule is c1ccc(-c2ccc(-c3cc4ccccc4c4ccccc34)cc2N(c2ccccc2)c2ccccc2-c2cccc3c2oc2ccccc23)cc1. The van der Waals surface area contributed by atoms with E-state index >= 15 is 0 Å². The lowest BCUT2D eigenvalue weighted by molar-refractivity contribution is 0.670. The molecular formula is C50H33NO. The number of hydrogen-bond acceptors (Lipinski definition) is 2. The van der Waals surface area contributed by atoms with E-state index in [9.17, 15) is 0 Å². The number of para-hydroxylation sites is 4. The number of furan rings is 1. The van der Waals surface area contributed by atoms with E-state index in [1.54, 1.807) is 0 Å². The smallest absolute Gasteiger partial charge is 0.143 e. The third-order valence-electron chi connectivity index (χ3n) is 10.3. The van der Waals surface area contributed by atoms with Gasteiger partial charge in [0.15, 0.2) is 0 Å². The van der Waals surface area contributed by atoms with Crippen LogP contribution in [-0.4, -0.2) is 0 Å². The lowest BCUT2D eigenvalue weighted by Gasteiger charge is -2.30. The highest BCUT2D eigenvalue weighted by molar-refractivity contribution is 6.14. The molecule has 0 aliphatic heterocycles. The lowest BCUT2D eigenvalue weighted by atomic mass is 9.91. The van der Waals surface area contributed by atoms with Crippen molar-refractivity contribution in [1.82, 2.24) is 0 Å². The highest BCUT2D eigenvalue weighted by Gasteiger charge is 2.23. The fourth-order valence-electron chi connectivity index (χ4n) is 7.88. The van der Waals surface area contributed by atoms with Gasteiger partial charge in [-0.25, -0.2) is 0 Å². The molecule has 9 aromatic carbocycles. The van der Waals surface area contributed by atoms with Crippen molar-refractivity contribution in [2.24, 2.45) is 0 Å². The minimum atomic E-state index is 0.892. The maximum atomic E-state index is 6.61. The third-order valence-corrected chi connectivity index (χ3v) is 10.3. The number of fused-ring (bicyclic) bond motifs is 6. The van der Waals surface area contributed by atoms with Crippen LogP contribution in [0.4, 0.5) is 17.1 Å². The van der Waals surface area contributed by atoms with Crippen LogP contribution >= 0.6 is 0 Å². The van der Waals surface area contributed by atoms with Gasteiger partial charge in [-0.2, -0.15) is 0 Å². The van der Waals surface area contributed by atoms with Crippen LogP contribution in [0, 0.1) is 0 Å². The number of anilines is 3. The van der Waals surface area contributed by atoms with Gasteiger partial charge in [0.2, 0.25) is 0 Å². The number of benzene rings is 9. The normalized spacial score (nSPS) is 11.5. The minimum Gasteiger partial charge on any atom is -0.455 e. The Bertz CT molecular complexity index is 2910. The first-order valence-electron chi connectivity index (χ1n) is 17.8. The van der Waals surface area contributed by atoms with Gasteiger partial charge in [-0.15, -0.1) is 0 Å². The maximum absolute atomic E-state index is 6.61. The molecule has 10 rings (SSSR count). The summed E-state index contributed by atoms with van der Waals surface area (Å²) < 4.78 is 6.61. The zero-order valence-corrected chi connectivity index (χ0v) is 28.4. The molecule has 0 aliphatic carbocycles. The fraction of sp³-hybridized carbons (Fsp3) is 0. The van der Waals surface area contributed by atoms with E-state index in [1.807, 2.05) is 6.07 Å². The van der Waals surface area contributed by atoms with E-state index < -0.39 is 0 Å². The molecule has 52 heavy (non-hydrogen) atoms. The highest BCUT2D eigenvalue weighted by Crippen LogP contribution is 2.48. The zero-order valence-electron chi connectivity index (χ0n) is 28.4. The van der Waals surface area contributed by atoms with Crippen LogP contribution in [0.1, 0.15) is 0 Å². The number of hydrogen-bond donors (Lipinski definition) is 0. The van der Waals surface area contributed by atoms with Crippen molar-refractivity contribution in [2.75, 3.05) is 4.90 Å². The monoisotopic (exact) mass is 663 g/mol. The first-order valence-corrected chi connectivity index (χ1v) is 17.8. The van der Waals surface area contributed by atoms with Crippen LogP contribution in [0.3, 0.4) is 0 Å². The van der Waals surface area contributed by atoms with Crippen molar-refractivity contribution in [3.05, 3.63) is 200 Å². The van der Waals surface area contributed by atoms with Crippen molar-refractivity contribution in [2.45, 2.75) is 0 Å². The Labute approximate surface area is 302 Å². The molecule has 0 fully saturated rings. The summed E-state index contributed by atoms with van der Waals surface area (Å²) in [6.45, 7) is 0. The predicted molar refractivity (Wildman–Crippen MR) is 220 cm³/mol. The first kappa shape index (κ1) is 30.0. The van der Waals surface area contributed by atoms with E-state index in [-0.39, 0.29) is 0 Å². The molecule has 0 aliphatic rings. The summed E-state index contributed by atoms with van der Waals surface area (Å²) in [7, 11) is 0. The van der Waals surface area contributed by atoms with Crippen LogP contribution in [0.2, 0.25) is 0 Å². The van der Waals surface area contributed by atoms with Crippen molar-refractivity contribution in [1.29, 1.82) is 0 Å². The third kappa shape index (κ3) is 4.96. The highest BCUT2D eigenvalue weighted by atomic mass is 16.3. The van der Waals surface area contributed by atoms with Crippen LogP contribution in [0.15, 0.2) is 205 Å². The number of rotatable bonds is 6. The Hall–Kier alpha value is -6.90. The summed E-state index contributed by atoms with van der Waals surface area (Å²) in [5.74, 6) is 0. The Morgan fingerprint density at radius 2 is 0.962 bits per heavy atom. The lowest BCUT2D eigenvalue weighted by Crippen LogP contribution is -2.12. The Balaban J connectivity index is 1.27. The molecule has 10 aromatic rings. The molecule has 2 nitrogen and oxygen atoms in total. The summed E-state index contributed by atoms with van der Waals surface area (Å²) in [5.41, 5.74) is 11.9.